The van der Waals surface area contributed by atoms with Gasteiger partial charge in [0, 0.05) is 17.1 Å². The number of hydrogen-bond acceptors (Lipinski definition) is 2. The van der Waals surface area contributed by atoms with Crippen LogP contribution in [0.1, 0.15) is 16.1 Å². The maximum Gasteiger partial charge on any atom is 0.230 e. The molecule has 0 radical (unpaired) electrons. The van der Waals surface area contributed by atoms with E-state index in [1.165, 1.54) is 6.26 Å². The molecule has 0 aliphatic heterocycles. The van der Waals surface area contributed by atoms with Crippen molar-refractivity contribution >= 4 is 16.7 Å². The second-order valence-electron chi connectivity index (χ2n) is 3.55. The second-order valence-corrected chi connectivity index (χ2v) is 3.55. The van der Waals surface area contributed by atoms with E-state index in [2.05, 4.69) is 4.98 Å². The minimum absolute atomic E-state index is 0.0950. The Hall–Kier alpha value is -2.29. The molecule has 2 heterocycles. The molecule has 3 nitrogen and oxygen atoms in total. The number of aromatic amines is 1. The number of nitrogens with one attached hydrogen (secondary N) is 1. The van der Waals surface area contributed by atoms with Gasteiger partial charge in [0.25, 0.3) is 0 Å². The van der Waals surface area contributed by atoms with Crippen LogP contribution < -0.4 is 0 Å². The summed E-state index contributed by atoms with van der Waals surface area (Å²) in [6.45, 7) is 0. The minimum atomic E-state index is -0.0950. The number of carbonyl (C=O) groups excluding carboxylic acids is 1. The number of aromatic nitrogens is 1. The van der Waals surface area contributed by atoms with Gasteiger partial charge in [0.1, 0.15) is 0 Å². The molecule has 0 saturated carbocycles. The highest BCUT2D eigenvalue weighted by Crippen LogP contribution is 2.20. The van der Waals surface area contributed by atoms with Crippen LogP contribution in [-0.2, 0) is 0 Å². The third-order valence-electron chi connectivity index (χ3n) is 2.58. The summed E-state index contributed by atoms with van der Waals surface area (Å²) in [5, 5.41) is 0.920. The standard InChI is InChI=1S/C13H9NO2/c15-13(12-6-3-7-16-12)10-8-14-11-5-2-1-4-9(10)11/h1-8,14H. The number of rotatable bonds is 2. The fraction of sp³-hybridized carbons (Fsp3) is 0. The molecule has 0 atom stereocenters. The van der Waals surface area contributed by atoms with Crippen molar-refractivity contribution in [1.29, 1.82) is 0 Å². The van der Waals surface area contributed by atoms with Crippen LogP contribution in [0, 0.1) is 0 Å². The first kappa shape index (κ1) is 8.97. The first-order valence-corrected chi connectivity index (χ1v) is 5.00. The van der Waals surface area contributed by atoms with Crippen LogP contribution in [-0.4, -0.2) is 10.8 Å². The predicted octanol–water partition coefficient (Wildman–Crippen LogP) is 2.99. The van der Waals surface area contributed by atoms with Gasteiger partial charge in [-0.15, -0.1) is 0 Å². The maximum absolute atomic E-state index is 12.1. The van der Waals surface area contributed by atoms with Gasteiger partial charge >= 0.3 is 0 Å². The molecule has 3 rings (SSSR count). The van der Waals surface area contributed by atoms with E-state index < -0.39 is 0 Å². The highest BCUT2D eigenvalue weighted by atomic mass is 16.3. The largest absolute Gasteiger partial charge is 0.461 e. The molecule has 2 aromatic heterocycles. The fourth-order valence-electron chi connectivity index (χ4n) is 1.80. The first-order chi connectivity index (χ1) is 7.86. The number of benzene rings is 1. The van der Waals surface area contributed by atoms with Crippen molar-refractivity contribution in [2.24, 2.45) is 0 Å². The number of hydrogen-bond donors (Lipinski definition) is 1. The molecule has 0 aliphatic carbocycles. The van der Waals surface area contributed by atoms with Crippen LogP contribution in [0.5, 0.6) is 0 Å². The van der Waals surface area contributed by atoms with Gasteiger partial charge in [0.05, 0.1) is 11.8 Å². The monoisotopic (exact) mass is 211 g/mol. The molecule has 78 valence electrons. The van der Waals surface area contributed by atoms with E-state index in [1.807, 2.05) is 24.3 Å². The highest BCUT2D eigenvalue weighted by molar-refractivity contribution is 6.14. The molecule has 0 bridgehead atoms. The number of para-hydroxylation sites is 1. The molecule has 16 heavy (non-hydrogen) atoms. The van der Waals surface area contributed by atoms with E-state index >= 15 is 0 Å². The summed E-state index contributed by atoms with van der Waals surface area (Å²) in [4.78, 5) is 15.1. The number of fused-ring (bicyclic) bond motifs is 1. The van der Waals surface area contributed by atoms with E-state index in [4.69, 9.17) is 4.42 Å². The van der Waals surface area contributed by atoms with Gasteiger partial charge in [-0.05, 0) is 18.2 Å². The second kappa shape index (κ2) is 3.38. The van der Waals surface area contributed by atoms with Gasteiger partial charge in [-0.2, -0.15) is 0 Å². The Morgan fingerprint density at radius 3 is 2.81 bits per heavy atom. The molecule has 1 N–H and O–H groups in total. The predicted molar refractivity (Wildman–Crippen MR) is 60.4 cm³/mol. The molecule has 0 fully saturated rings. The Balaban J connectivity index is 2.16. The van der Waals surface area contributed by atoms with E-state index in [9.17, 15) is 4.79 Å². The summed E-state index contributed by atoms with van der Waals surface area (Å²) >= 11 is 0. The molecule has 0 spiro atoms. The lowest BCUT2D eigenvalue weighted by Crippen LogP contribution is -1.97. The van der Waals surface area contributed by atoms with E-state index in [1.54, 1.807) is 18.3 Å². The number of furan rings is 1. The smallest absolute Gasteiger partial charge is 0.230 e. The first-order valence-electron chi connectivity index (χ1n) is 5.00. The van der Waals surface area contributed by atoms with Crippen molar-refractivity contribution in [2.75, 3.05) is 0 Å². The minimum Gasteiger partial charge on any atom is -0.461 e. The normalized spacial score (nSPS) is 10.8. The third-order valence-corrected chi connectivity index (χ3v) is 2.58. The van der Waals surface area contributed by atoms with Crippen molar-refractivity contribution < 1.29 is 9.21 Å². The lowest BCUT2D eigenvalue weighted by Gasteiger charge is -1.94. The molecule has 0 aliphatic rings. The van der Waals surface area contributed by atoms with E-state index in [0.717, 1.165) is 10.9 Å². The number of H-pyrrole nitrogens is 1. The SMILES string of the molecule is O=C(c1ccco1)c1c[nH]c2ccccc12. The maximum atomic E-state index is 12.1. The Bertz CT molecular complexity index is 635. The Kier molecular flexibility index (Phi) is 1.90. The lowest BCUT2D eigenvalue weighted by molar-refractivity contribution is 0.101. The van der Waals surface area contributed by atoms with Crippen molar-refractivity contribution in [1.82, 2.24) is 4.98 Å². The molecule has 0 saturated heterocycles. The molecular weight excluding hydrogens is 202 g/mol. The van der Waals surface area contributed by atoms with Crippen LogP contribution in [0.15, 0.2) is 53.3 Å². The number of ketones is 1. The summed E-state index contributed by atoms with van der Waals surface area (Å²) < 4.78 is 5.10. The van der Waals surface area contributed by atoms with Gasteiger partial charge < -0.3 is 9.40 Å². The van der Waals surface area contributed by atoms with E-state index in [0.29, 0.717) is 11.3 Å². The van der Waals surface area contributed by atoms with Crippen molar-refractivity contribution in [3.63, 3.8) is 0 Å². The number of carbonyl (C=O) groups is 1. The molecule has 0 unspecified atom stereocenters. The van der Waals surface area contributed by atoms with Crippen LogP contribution in [0.2, 0.25) is 0 Å². The molecule has 3 aromatic rings. The average molecular weight is 211 g/mol. The zero-order valence-corrected chi connectivity index (χ0v) is 8.44. The van der Waals surface area contributed by atoms with E-state index in [-0.39, 0.29) is 5.78 Å². The van der Waals surface area contributed by atoms with Gasteiger partial charge in [0.2, 0.25) is 5.78 Å². The average Bonchev–Trinajstić information content (AvgIpc) is 2.98. The summed E-state index contributed by atoms with van der Waals surface area (Å²) in [6.07, 6.45) is 3.22. The Morgan fingerprint density at radius 2 is 2.00 bits per heavy atom. The summed E-state index contributed by atoms with van der Waals surface area (Å²) in [7, 11) is 0. The van der Waals surface area contributed by atoms with Crippen molar-refractivity contribution in [3.05, 3.63) is 60.2 Å². The Labute approximate surface area is 91.7 Å². The fourth-order valence-corrected chi connectivity index (χ4v) is 1.80. The summed E-state index contributed by atoms with van der Waals surface area (Å²) in [5.74, 6) is 0.271. The summed E-state index contributed by atoms with van der Waals surface area (Å²) in [6, 6.07) is 11.1. The van der Waals surface area contributed by atoms with Gasteiger partial charge in [-0.3, -0.25) is 4.79 Å². The van der Waals surface area contributed by atoms with Gasteiger partial charge in [-0.25, -0.2) is 0 Å². The van der Waals surface area contributed by atoms with Gasteiger partial charge in [0.15, 0.2) is 5.76 Å². The van der Waals surface area contributed by atoms with Crippen molar-refractivity contribution in [2.45, 2.75) is 0 Å². The third kappa shape index (κ3) is 1.26. The molecule has 1 aromatic carbocycles. The zero-order chi connectivity index (χ0) is 11.0. The molecule has 0 amide bonds. The van der Waals surface area contributed by atoms with Crippen LogP contribution >= 0.6 is 0 Å². The van der Waals surface area contributed by atoms with Crippen molar-refractivity contribution in [3.8, 4) is 0 Å². The van der Waals surface area contributed by atoms with Crippen LogP contribution in [0.25, 0.3) is 10.9 Å². The molecular formula is C13H9NO2. The van der Waals surface area contributed by atoms with Gasteiger partial charge in [-0.1, -0.05) is 18.2 Å². The van der Waals surface area contributed by atoms with Crippen LogP contribution in [0.4, 0.5) is 0 Å². The Morgan fingerprint density at radius 1 is 1.12 bits per heavy atom. The van der Waals surface area contributed by atoms with Crippen LogP contribution in [0.3, 0.4) is 0 Å². The topological polar surface area (TPSA) is 46.0 Å². The molecule has 3 heteroatoms. The zero-order valence-electron chi connectivity index (χ0n) is 8.44. The summed E-state index contributed by atoms with van der Waals surface area (Å²) in [5.41, 5.74) is 1.60. The lowest BCUT2D eigenvalue weighted by atomic mass is 10.1. The quantitative estimate of drug-likeness (QED) is 0.662. The highest BCUT2D eigenvalue weighted by Gasteiger charge is 2.15.